The highest BCUT2D eigenvalue weighted by molar-refractivity contribution is 5.74. The standard InChI is InChI=1S/C23H24N6O2/c30-27-22-6-4-17(11-25-22)15-3-5-20-16(10-15)2-1-9-28(20)23-19-12-24-8-7-21(19)29(26-23)18-13-31-14-18/h3-6,10-11,18,24H,1-2,7-9,12-14H2. The minimum absolute atomic E-state index is 0.207. The van der Waals surface area contributed by atoms with E-state index in [1.807, 2.05) is 6.07 Å². The van der Waals surface area contributed by atoms with Crippen molar-refractivity contribution in [1.29, 1.82) is 0 Å². The quantitative estimate of drug-likeness (QED) is 0.654. The highest BCUT2D eigenvalue weighted by atomic mass is 16.5. The molecule has 1 aromatic carbocycles. The maximum atomic E-state index is 10.6. The fourth-order valence-electron chi connectivity index (χ4n) is 4.85. The van der Waals surface area contributed by atoms with Crippen LogP contribution in [0.1, 0.15) is 29.3 Å². The van der Waals surface area contributed by atoms with Gasteiger partial charge in [0, 0.05) is 54.8 Å². The molecule has 1 N–H and O–H groups in total. The van der Waals surface area contributed by atoms with E-state index >= 15 is 0 Å². The molecule has 0 amide bonds. The van der Waals surface area contributed by atoms with Crippen molar-refractivity contribution in [2.24, 2.45) is 5.18 Å². The monoisotopic (exact) mass is 416 g/mol. The minimum atomic E-state index is 0.207. The molecule has 31 heavy (non-hydrogen) atoms. The Kier molecular flexibility index (Phi) is 4.54. The summed E-state index contributed by atoms with van der Waals surface area (Å²) in [4.78, 5) is 17.1. The molecule has 3 aliphatic heterocycles. The molecule has 5 heterocycles. The molecule has 3 aliphatic rings. The average molecular weight is 416 g/mol. The van der Waals surface area contributed by atoms with Crippen LogP contribution in [0.5, 0.6) is 0 Å². The van der Waals surface area contributed by atoms with E-state index in [1.54, 1.807) is 12.3 Å². The van der Waals surface area contributed by atoms with Gasteiger partial charge >= 0.3 is 0 Å². The van der Waals surface area contributed by atoms with E-state index in [0.29, 0.717) is 6.04 Å². The summed E-state index contributed by atoms with van der Waals surface area (Å²) in [6.07, 6.45) is 4.85. The zero-order chi connectivity index (χ0) is 20.8. The molecule has 158 valence electrons. The molecule has 1 saturated heterocycles. The molecular weight excluding hydrogens is 392 g/mol. The van der Waals surface area contributed by atoms with Gasteiger partial charge in [-0.2, -0.15) is 5.10 Å². The molecule has 6 rings (SSSR count). The molecule has 0 radical (unpaired) electrons. The van der Waals surface area contributed by atoms with Gasteiger partial charge in [-0.1, -0.05) is 6.07 Å². The Labute approximate surface area is 180 Å². The number of aryl methyl sites for hydroxylation is 1. The summed E-state index contributed by atoms with van der Waals surface area (Å²) in [5.74, 6) is 1.30. The second kappa shape index (κ2) is 7.55. The van der Waals surface area contributed by atoms with Crippen molar-refractivity contribution in [3.63, 3.8) is 0 Å². The first-order valence-electron chi connectivity index (χ1n) is 10.9. The van der Waals surface area contributed by atoms with Gasteiger partial charge in [-0.05, 0) is 53.4 Å². The third kappa shape index (κ3) is 3.14. The topological polar surface area (TPSA) is 84.6 Å². The van der Waals surface area contributed by atoms with Crippen molar-refractivity contribution in [3.8, 4) is 11.1 Å². The Balaban J connectivity index is 1.38. The Hall–Kier alpha value is -3.10. The molecule has 0 saturated carbocycles. The zero-order valence-electron chi connectivity index (χ0n) is 17.3. The first kappa shape index (κ1) is 18.7. The highest BCUT2D eigenvalue weighted by Crippen LogP contribution is 2.39. The Bertz CT molecular complexity index is 1140. The van der Waals surface area contributed by atoms with Gasteiger partial charge in [0.05, 0.1) is 19.3 Å². The van der Waals surface area contributed by atoms with E-state index in [-0.39, 0.29) is 5.82 Å². The van der Waals surface area contributed by atoms with Crippen molar-refractivity contribution in [2.75, 3.05) is 31.2 Å². The molecule has 8 heteroatoms. The highest BCUT2D eigenvalue weighted by Gasteiger charge is 2.32. The predicted molar refractivity (Wildman–Crippen MR) is 118 cm³/mol. The molecule has 0 spiro atoms. The van der Waals surface area contributed by atoms with Crippen LogP contribution < -0.4 is 10.2 Å². The van der Waals surface area contributed by atoms with Gasteiger partial charge in [-0.3, -0.25) is 4.68 Å². The van der Waals surface area contributed by atoms with Crippen LogP contribution in [0.25, 0.3) is 11.1 Å². The number of benzene rings is 1. The number of nitrogens with one attached hydrogen (secondary N) is 1. The third-order valence-corrected chi connectivity index (χ3v) is 6.53. The second-order valence-corrected chi connectivity index (χ2v) is 8.41. The van der Waals surface area contributed by atoms with Gasteiger partial charge in [0.1, 0.15) is 0 Å². The summed E-state index contributed by atoms with van der Waals surface area (Å²) in [5.41, 5.74) is 7.34. The predicted octanol–water partition coefficient (Wildman–Crippen LogP) is 3.64. The number of fused-ring (bicyclic) bond motifs is 2. The van der Waals surface area contributed by atoms with Crippen LogP contribution in [0, 0.1) is 4.91 Å². The number of rotatable bonds is 4. The fraction of sp³-hybridized carbons (Fsp3) is 0.391. The number of pyridine rings is 1. The maximum absolute atomic E-state index is 10.6. The first-order valence-corrected chi connectivity index (χ1v) is 10.9. The van der Waals surface area contributed by atoms with Gasteiger partial charge in [0.15, 0.2) is 11.6 Å². The van der Waals surface area contributed by atoms with Crippen molar-refractivity contribution in [1.82, 2.24) is 20.1 Å². The maximum Gasteiger partial charge on any atom is 0.196 e. The zero-order valence-corrected chi connectivity index (χ0v) is 17.3. The minimum Gasteiger partial charge on any atom is -0.377 e. The lowest BCUT2D eigenvalue weighted by Gasteiger charge is -2.31. The lowest BCUT2D eigenvalue weighted by atomic mass is 9.96. The third-order valence-electron chi connectivity index (χ3n) is 6.53. The van der Waals surface area contributed by atoms with Crippen LogP contribution in [0.2, 0.25) is 0 Å². The number of aromatic nitrogens is 3. The normalized spacial score (nSPS) is 18.3. The van der Waals surface area contributed by atoms with E-state index in [4.69, 9.17) is 9.84 Å². The fourth-order valence-corrected chi connectivity index (χ4v) is 4.85. The van der Waals surface area contributed by atoms with E-state index in [1.165, 1.54) is 22.5 Å². The van der Waals surface area contributed by atoms with Crippen molar-refractivity contribution in [2.45, 2.75) is 31.8 Å². The molecular formula is C23H24N6O2. The number of anilines is 2. The molecule has 8 nitrogen and oxygen atoms in total. The molecule has 3 aromatic rings. The van der Waals surface area contributed by atoms with Crippen LogP contribution in [0.3, 0.4) is 0 Å². The van der Waals surface area contributed by atoms with Crippen molar-refractivity contribution in [3.05, 3.63) is 58.3 Å². The van der Waals surface area contributed by atoms with E-state index in [2.05, 4.69) is 43.3 Å². The number of nitrogens with zero attached hydrogens (tertiary/aromatic N) is 5. The molecule has 2 aromatic heterocycles. The van der Waals surface area contributed by atoms with Crippen LogP contribution >= 0.6 is 0 Å². The Morgan fingerprint density at radius 2 is 2.03 bits per heavy atom. The summed E-state index contributed by atoms with van der Waals surface area (Å²) < 4.78 is 7.67. The largest absolute Gasteiger partial charge is 0.377 e. The molecule has 1 fully saturated rings. The summed E-state index contributed by atoms with van der Waals surface area (Å²) in [6.45, 7) is 4.35. The molecule has 0 bridgehead atoms. The Morgan fingerprint density at radius 3 is 2.81 bits per heavy atom. The Morgan fingerprint density at radius 1 is 1.13 bits per heavy atom. The number of ether oxygens (including phenoxy) is 1. The SMILES string of the molecule is O=Nc1ccc(-c2ccc3c(c2)CCCN3c2nn(C3COC3)c3c2CNCC3)cn1. The number of nitroso groups, excluding NO2 is 1. The molecule has 0 atom stereocenters. The van der Waals surface area contributed by atoms with Gasteiger partial charge in [-0.15, -0.1) is 4.91 Å². The lowest BCUT2D eigenvalue weighted by molar-refractivity contribution is -0.0298. The number of hydrogen-bond donors (Lipinski definition) is 1. The summed E-state index contributed by atoms with van der Waals surface area (Å²) in [5, 5.41) is 11.5. The summed E-state index contributed by atoms with van der Waals surface area (Å²) in [7, 11) is 0. The molecule has 0 aliphatic carbocycles. The van der Waals surface area contributed by atoms with Crippen LogP contribution in [0.4, 0.5) is 17.3 Å². The van der Waals surface area contributed by atoms with Gasteiger partial charge < -0.3 is 15.0 Å². The van der Waals surface area contributed by atoms with Crippen LogP contribution in [0.15, 0.2) is 41.7 Å². The summed E-state index contributed by atoms with van der Waals surface area (Å²) in [6, 6.07) is 10.5. The smallest absolute Gasteiger partial charge is 0.196 e. The molecule has 0 unspecified atom stereocenters. The van der Waals surface area contributed by atoms with Crippen molar-refractivity contribution >= 4 is 17.3 Å². The summed E-state index contributed by atoms with van der Waals surface area (Å²) >= 11 is 0. The van der Waals surface area contributed by atoms with Gasteiger partial charge in [0.25, 0.3) is 0 Å². The van der Waals surface area contributed by atoms with Crippen molar-refractivity contribution < 1.29 is 4.74 Å². The van der Waals surface area contributed by atoms with Gasteiger partial charge in [0.2, 0.25) is 0 Å². The van der Waals surface area contributed by atoms with E-state index in [9.17, 15) is 4.91 Å². The van der Waals surface area contributed by atoms with E-state index in [0.717, 1.165) is 69.1 Å². The van der Waals surface area contributed by atoms with E-state index < -0.39 is 0 Å². The average Bonchev–Trinajstić information content (AvgIpc) is 3.16. The second-order valence-electron chi connectivity index (χ2n) is 8.41. The van der Waals surface area contributed by atoms with Gasteiger partial charge in [-0.25, -0.2) is 4.98 Å². The number of hydrogen-bond acceptors (Lipinski definition) is 7. The van der Waals surface area contributed by atoms with Crippen LogP contribution in [-0.4, -0.2) is 41.1 Å². The first-order chi connectivity index (χ1) is 15.3. The van der Waals surface area contributed by atoms with Crippen LogP contribution in [-0.2, 0) is 24.1 Å². The lowest BCUT2D eigenvalue weighted by Crippen LogP contribution is -2.34.